The average Bonchev–Trinajstić information content (AvgIpc) is 2.55. The Morgan fingerprint density at radius 2 is 2.00 bits per heavy atom. The molecule has 0 aliphatic carbocycles. The third-order valence-electron chi connectivity index (χ3n) is 3.10. The lowest BCUT2D eigenvalue weighted by Crippen LogP contribution is -2.24. The zero-order valence-electron chi connectivity index (χ0n) is 13.0. The number of carbonyl (C=O) groups is 2. The summed E-state index contributed by atoms with van der Waals surface area (Å²) >= 11 is 5.91. The van der Waals surface area contributed by atoms with Gasteiger partial charge in [-0.1, -0.05) is 23.7 Å². The van der Waals surface area contributed by atoms with Crippen LogP contribution in [0, 0.1) is 5.82 Å². The van der Waals surface area contributed by atoms with Crippen molar-refractivity contribution in [2.75, 3.05) is 11.9 Å². The monoisotopic (exact) mass is 346 g/mol. The Morgan fingerprint density at radius 1 is 1.21 bits per heavy atom. The van der Waals surface area contributed by atoms with Crippen molar-refractivity contribution in [3.05, 3.63) is 70.5 Å². The molecule has 2 aromatic rings. The van der Waals surface area contributed by atoms with Gasteiger partial charge in [-0.15, -0.1) is 0 Å². The zero-order chi connectivity index (χ0) is 17.5. The van der Waals surface area contributed by atoms with Crippen LogP contribution in [0.15, 0.2) is 48.5 Å². The summed E-state index contributed by atoms with van der Waals surface area (Å²) in [4.78, 5) is 24.1. The molecule has 124 valence electrons. The average molecular weight is 347 g/mol. The molecular formula is C18H16ClFN2O2. The molecule has 2 amide bonds. The van der Waals surface area contributed by atoms with Crippen LogP contribution in [0.5, 0.6) is 0 Å². The van der Waals surface area contributed by atoms with Gasteiger partial charge in [0.1, 0.15) is 5.82 Å². The van der Waals surface area contributed by atoms with E-state index in [1.165, 1.54) is 30.4 Å². The van der Waals surface area contributed by atoms with Crippen molar-refractivity contribution in [1.29, 1.82) is 0 Å². The molecule has 0 spiro atoms. The minimum Gasteiger partial charge on any atom is -0.352 e. The molecule has 0 bridgehead atoms. The standard InChI is InChI=1S/C18H16ClFN2O2/c1-2-21-18(24)15-11-13(19)7-8-16(15)22-17(23)9-6-12-4-3-5-14(20)10-12/h3-11H,2H2,1H3,(H,21,24)(H,22,23). The molecule has 2 rings (SSSR count). The molecule has 0 saturated heterocycles. The molecule has 0 heterocycles. The van der Waals surface area contributed by atoms with E-state index in [2.05, 4.69) is 10.6 Å². The predicted octanol–water partition coefficient (Wildman–Crippen LogP) is 3.88. The fourth-order valence-corrected chi connectivity index (χ4v) is 2.20. The minimum atomic E-state index is -0.438. The van der Waals surface area contributed by atoms with Crippen LogP contribution in [0.3, 0.4) is 0 Å². The van der Waals surface area contributed by atoms with Gasteiger partial charge >= 0.3 is 0 Å². The van der Waals surface area contributed by atoms with Crippen LogP contribution in [-0.2, 0) is 4.79 Å². The summed E-state index contributed by atoms with van der Waals surface area (Å²) in [7, 11) is 0. The lowest BCUT2D eigenvalue weighted by molar-refractivity contribution is -0.111. The summed E-state index contributed by atoms with van der Waals surface area (Å²) in [5.74, 6) is -1.15. The first-order chi connectivity index (χ1) is 11.5. The fourth-order valence-electron chi connectivity index (χ4n) is 2.03. The van der Waals surface area contributed by atoms with Crippen LogP contribution in [0.4, 0.5) is 10.1 Å². The molecule has 0 radical (unpaired) electrons. The molecule has 24 heavy (non-hydrogen) atoms. The van der Waals surface area contributed by atoms with Crippen molar-refractivity contribution >= 4 is 35.2 Å². The second kappa shape index (κ2) is 8.26. The second-order valence-corrected chi connectivity index (χ2v) is 5.36. The Morgan fingerprint density at radius 3 is 2.71 bits per heavy atom. The molecule has 6 heteroatoms. The van der Waals surface area contributed by atoms with E-state index in [1.807, 2.05) is 0 Å². The van der Waals surface area contributed by atoms with E-state index in [9.17, 15) is 14.0 Å². The largest absolute Gasteiger partial charge is 0.352 e. The van der Waals surface area contributed by atoms with Gasteiger partial charge in [0, 0.05) is 17.6 Å². The highest BCUT2D eigenvalue weighted by atomic mass is 35.5. The molecule has 2 aromatic carbocycles. The van der Waals surface area contributed by atoms with Gasteiger partial charge in [0.15, 0.2) is 0 Å². The van der Waals surface area contributed by atoms with Gasteiger partial charge in [0.05, 0.1) is 11.3 Å². The smallest absolute Gasteiger partial charge is 0.253 e. The molecule has 0 unspecified atom stereocenters. The lowest BCUT2D eigenvalue weighted by atomic mass is 10.1. The highest BCUT2D eigenvalue weighted by molar-refractivity contribution is 6.31. The quantitative estimate of drug-likeness (QED) is 0.807. The Balaban J connectivity index is 2.15. The molecule has 0 aromatic heterocycles. The van der Waals surface area contributed by atoms with E-state index in [-0.39, 0.29) is 17.3 Å². The van der Waals surface area contributed by atoms with E-state index in [1.54, 1.807) is 31.2 Å². The number of hydrogen-bond donors (Lipinski definition) is 2. The molecule has 2 N–H and O–H groups in total. The third-order valence-corrected chi connectivity index (χ3v) is 3.33. The van der Waals surface area contributed by atoms with Gasteiger partial charge in [-0.3, -0.25) is 9.59 Å². The van der Waals surface area contributed by atoms with E-state index in [4.69, 9.17) is 11.6 Å². The lowest BCUT2D eigenvalue weighted by Gasteiger charge is -2.10. The van der Waals surface area contributed by atoms with Crippen LogP contribution < -0.4 is 10.6 Å². The number of anilines is 1. The summed E-state index contributed by atoms with van der Waals surface area (Å²) in [5, 5.41) is 5.67. The van der Waals surface area contributed by atoms with Crippen molar-refractivity contribution < 1.29 is 14.0 Å². The number of hydrogen-bond acceptors (Lipinski definition) is 2. The normalized spacial score (nSPS) is 10.6. The highest BCUT2D eigenvalue weighted by Gasteiger charge is 2.12. The summed E-state index contributed by atoms with van der Waals surface area (Å²) in [5.41, 5.74) is 1.18. The third kappa shape index (κ3) is 4.93. The maximum Gasteiger partial charge on any atom is 0.253 e. The van der Waals surface area contributed by atoms with Crippen molar-refractivity contribution in [1.82, 2.24) is 5.32 Å². The maximum absolute atomic E-state index is 13.1. The first-order valence-corrected chi connectivity index (χ1v) is 7.69. The maximum atomic E-state index is 13.1. The van der Waals surface area contributed by atoms with E-state index in [0.29, 0.717) is 22.8 Å². The number of rotatable bonds is 5. The van der Waals surface area contributed by atoms with Gasteiger partial charge in [-0.05, 0) is 48.9 Å². The number of carbonyl (C=O) groups excluding carboxylic acids is 2. The second-order valence-electron chi connectivity index (χ2n) is 4.93. The minimum absolute atomic E-state index is 0.275. The zero-order valence-corrected chi connectivity index (χ0v) is 13.7. The van der Waals surface area contributed by atoms with Crippen molar-refractivity contribution in [3.8, 4) is 0 Å². The molecule has 0 aliphatic rings. The number of benzene rings is 2. The Bertz CT molecular complexity index is 790. The Hall–Kier alpha value is -2.66. The molecular weight excluding hydrogens is 331 g/mol. The summed E-state index contributed by atoms with van der Waals surface area (Å²) < 4.78 is 13.1. The van der Waals surface area contributed by atoms with E-state index in [0.717, 1.165) is 0 Å². The highest BCUT2D eigenvalue weighted by Crippen LogP contribution is 2.21. The van der Waals surface area contributed by atoms with Crippen LogP contribution in [0.1, 0.15) is 22.8 Å². The Labute approximate surface area is 144 Å². The first-order valence-electron chi connectivity index (χ1n) is 7.32. The van der Waals surface area contributed by atoms with E-state index >= 15 is 0 Å². The molecule has 0 aliphatic heterocycles. The number of amides is 2. The summed E-state index contributed by atoms with van der Waals surface area (Å²) in [6, 6.07) is 10.5. The van der Waals surface area contributed by atoms with Gasteiger partial charge in [0.25, 0.3) is 5.91 Å². The summed E-state index contributed by atoms with van der Waals surface area (Å²) in [6.07, 6.45) is 2.75. The van der Waals surface area contributed by atoms with Crippen molar-refractivity contribution in [3.63, 3.8) is 0 Å². The number of nitrogens with one attached hydrogen (secondary N) is 2. The molecule has 0 saturated carbocycles. The molecule has 0 fully saturated rings. The van der Waals surface area contributed by atoms with Crippen molar-refractivity contribution in [2.45, 2.75) is 6.92 Å². The van der Waals surface area contributed by atoms with Gasteiger partial charge in [-0.2, -0.15) is 0 Å². The van der Waals surface area contributed by atoms with Gasteiger partial charge in [0.2, 0.25) is 5.91 Å². The number of halogens is 2. The Kier molecular flexibility index (Phi) is 6.09. The van der Waals surface area contributed by atoms with Crippen LogP contribution in [-0.4, -0.2) is 18.4 Å². The van der Waals surface area contributed by atoms with Crippen LogP contribution in [0.2, 0.25) is 5.02 Å². The van der Waals surface area contributed by atoms with Crippen molar-refractivity contribution in [2.24, 2.45) is 0 Å². The van der Waals surface area contributed by atoms with E-state index < -0.39 is 5.91 Å². The predicted molar refractivity (Wildman–Crippen MR) is 93.5 cm³/mol. The summed E-state index contributed by atoms with van der Waals surface area (Å²) in [6.45, 7) is 2.25. The van der Waals surface area contributed by atoms with Gasteiger partial charge < -0.3 is 10.6 Å². The topological polar surface area (TPSA) is 58.2 Å². The molecule has 4 nitrogen and oxygen atoms in total. The van der Waals surface area contributed by atoms with Crippen LogP contribution >= 0.6 is 11.6 Å². The fraction of sp³-hybridized carbons (Fsp3) is 0.111. The SMILES string of the molecule is CCNC(=O)c1cc(Cl)ccc1NC(=O)C=Cc1cccc(F)c1. The first kappa shape index (κ1) is 17.7. The van der Waals surface area contributed by atoms with Gasteiger partial charge in [-0.25, -0.2) is 4.39 Å². The molecule has 0 atom stereocenters. The van der Waals surface area contributed by atoms with Crippen LogP contribution in [0.25, 0.3) is 6.08 Å².